The highest BCUT2D eigenvalue weighted by Gasteiger charge is 2.03. The number of carbonyl (C=O) groups is 1. The topological polar surface area (TPSA) is 50.7 Å². The number of unbranched alkanes of at least 4 members (excludes halogenated alkanes) is 2. The Balaban J connectivity index is 1.74. The summed E-state index contributed by atoms with van der Waals surface area (Å²) in [6.07, 6.45) is 5.36. The first-order chi connectivity index (χ1) is 13.2. The molecule has 0 aliphatic carbocycles. The molecule has 0 spiro atoms. The highest BCUT2D eigenvalue weighted by atomic mass is 35.5. The van der Waals surface area contributed by atoms with E-state index in [0.29, 0.717) is 23.8 Å². The minimum atomic E-state index is -0.117. The Labute approximate surface area is 170 Å². The molecule has 0 bridgehead atoms. The minimum absolute atomic E-state index is 0.117. The van der Waals surface area contributed by atoms with Crippen molar-refractivity contribution in [3.8, 4) is 5.75 Å². The Morgan fingerprint density at radius 3 is 2.74 bits per heavy atom. The standard InChI is InChI=1S/C21H25ClN2O2S/c1-2-3-6-14-26-20-8-5-4-7-17(20)16-23-24-21(25)13-15-27-19-11-9-18(22)10-12-19/h4-5,7-12,16H,2-3,6,13-15H2,1H3,(H,24,25). The number of halogens is 1. The molecule has 0 atom stereocenters. The van der Waals surface area contributed by atoms with Crippen LogP contribution in [-0.2, 0) is 4.79 Å². The molecule has 0 radical (unpaired) electrons. The Hall–Kier alpha value is -1.98. The number of nitrogens with one attached hydrogen (secondary N) is 1. The summed E-state index contributed by atoms with van der Waals surface area (Å²) in [5.74, 6) is 1.35. The normalized spacial score (nSPS) is 10.9. The van der Waals surface area contributed by atoms with Crippen LogP contribution in [0.1, 0.15) is 38.2 Å². The molecule has 27 heavy (non-hydrogen) atoms. The highest BCUT2D eigenvalue weighted by Crippen LogP contribution is 2.21. The second-order valence-electron chi connectivity index (χ2n) is 5.94. The molecule has 0 aliphatic heterocycles. The third-order valence-corrected chi connectivity index (χ3v) is 4.99. The predicted molar refractivity (Wildman–Crippen MR) is 114 cm³/mol. The average Bonchev–Trinajstić information content (AvgIpc) is 2.68. The van der Waals surface area contributed by atoms with Crippen LogP contribution in [0.25, 0.3) is 0 Å². The SMILES string of the molecule is CCCCCOc1ccccc1C=NNC(=O)CCSc1ccc(Cl)cc1. The second kappa shape index (κ2) is 12.4. The van der Waals surface area contributed by atoms with Gasteiger partial charge in [0, 0.05) is 27.7 Å². The lowest BCUT2D eigenvalue weighted by Gasteiger charge is -2.08. The van der Waals surface area contributed by atoms with Gasteiger partial charge in [-0.15, -0.1) is 11.8 Å². The van der Waals surface area contributed by atoms with Crippen molar-refractivity contribution in [2.45, 2.75) is 37.5 Å². The summed E-state index contributed by atoms with van der Waals surface area (Å²) < 4.78 is 5.80. The zero-order valence-electron chi connectivity index (χ0n) is 15.5. The molecule has 0 aromatic heterocycles. The maximum Gasteiger partial charge on any atom is 0.240 e. The fourth-order valence-electron chi connectivity index (χ4n) is 2.27. The van der Waals surface area contributed by atoms with Gasteiger partial charge in [0.25, 0.3) is 0 Å². The lowest BCUT2D eigenvalue weighted by molar-refractivity contribution is -0.120. The van der Waals surface area contributed by atoms with E-state index in [0.717, 1.165) is 35.5 Å². The molecule has 0 saturated carbocycles. The largest absolute Gasteiger partial charge is 0.493 e. The zero-order valence-corrected chi connectivity index (χ0v) is 17.1. The Kier molecular flexibility index (Phi) is 9.80. The lowest BCUT2D eigenvalue weighted by Crippen LogP contribution is -2.17. The van der Waals surface area contributed by atoms with Crippen LogP contribution in [0.15, 0.2) is 58.5 Å². The van der Waals surface area contributed by atoms with Crippen LogP contribution in [0.5, 0.6) is 5.75 Å². The van der Waals surface area contributed by atoms with Crippen LogP contribution in [0.4, 0.5) is 0 Å². The number of amides is 1. The van der Waals surface area contributed by atoms with Crippen molar-refractivity contribution in [3.63, 3.8) is 0 Å². The number of nitrogens with zero attached hydrogens (tertiary/aromatic N) is 1. The average molecular weight is 405 g/mol. The Morgan fingerprint density at radius 1 is 1.19 bits per heavy atom. The number of hydrazone groups is 1. The Morgan fingerprint density at radius 2 is 1.96 bits per heavy atom. The van der Waals surface area contributed by atoms with E-state index in [-0.39, 0.29) is 5.91 Å². The first-order valence-electron chi connectivity index (χ1n) is 9.11. The van der Waals surface area contributed by atoms with Crippen molar-refractivity contribution in [1.82, 2.24) is 5.43 Å². The summed E-state index contributed by atoms with van der Waals surface area (Å²) in [5.41, 5.74) is 3.42. The first kappa shape index (κ1) is 21.3. The van der Waals surface area contributed by atoms with E-state index >= 15 is 0 Å². The van der Waals surface area contributed by atoms with Gasteiger partial charge in [-0.05, 0) is 42.8 Å². The maximum atomic E-state index is 11.9. The van der Waals surface area contributed by atoms with Crippen molar-refractivity contribution >= 4 is 35.5 Å². The maximum absolute atomic E-state index is 11.9. The molecule has 0 aliphatic rings. The summed E-state index contributed by atoms with van der Waals surface area (Å²) in [5, 5.41) is 4.76. The van der Waals surface area contributed by atoms with E-state index in [9.17, 15) is 4.79 Å². The van der Waals surface area contributed by atoms with E-state index in [4.69, 9.17) is 16.3 Å². The van der Waals surface area contributed by atoms with Gasteiger partial charge in [-0.25, -0.2) is 5.43 Å². The molecule has 0 fully saturated rings. The van der Waals surface area contributed by atoms with Crippen molar-refractivity contribution in [1.29, 1.82) is 0 Å². The fraction of sp³-hybridized carbons (Fsp3) is 0.333. The molecule has 144 valence electrons. The third kappa shape index (κ3) is 8.50. The van der Waals surface area contributed by atoms with Gasteiger partial charge in [-0.1, -0.05) is 43.5 Å². The zero-order chi connectivity index (χ0) is 19.3. The molecule has 2 aromatic carbocycles. The van der Waals surface area contributed by atoms with Crippen molar-refractivity contribution < 1.29 is 9.53 Å². The number of rotatable bonds is 11. The fourth-order valence-corrected chi connectivity index (χ4v) is 3.25. The molecule has 0 saturated heterocycles. The van der Waals surface area contributed by atoms with Crippen LogP contribution in [0, 0.1) is 0 Å². The number of carbonyl (C=O) groups excluding carboxylic acids is 1. The molecule has 1 amide bonds. The van der Waals surface area contributed by atoms with Crippen LogP contribution >= 0.6 is 23.4 Å². The summed E-state index contributed by atoms with van der Waals surface area (Å²) in [7, 11) is 0. The monoisotopic (exact) mass is 404 g/mol. The lowest BCUT2D eigenvalue weighted by atomic mass is 10.2. The molecular weight excluding hydrogens is 380 g/mol. The van der Waals surface area contributed by atoms with E-state index in [2.05, 4.69) is 17.5 Å². The van der Waals surface area contributed by atoms with Gasteiger partial charge in [0.15, 0.2) is 0 Å². The van der Waals surface area contributed by atoms with Gasteiger partial charge >= 0.3 is 0 Å². The van der Waals surface area contributed by atoms with E-state index in [1.54, 1.807) is 18.0 Å². The van der Waals surface area contributed by atoms with E-state index < -0.39 is 0 Å². The van der Waals surface area contributed by atoms with Gasteiger partial charge < -0.3 is 4.74 Å². The molecule has 2 rings (SSSR count). The molecule has 0 heterocycles. The smallest absolute Gasteiger partial charge is 0.240 e. The summed E-state index contributed by atoms with van der Waals surface area (Å²) >= 11 is 7.47. The van der Waals surface area contributed by atoms with Crippen LogP contribution < -0.4 is 10.2 Å². The number of para-hydroxylation sites is 1. The van der Waals surface area contributed by atoms with Gasteiger partial charge in [-0.3, -0.25) is 4.79 Å². The number of hydrogen-bond acceptors (Lipinski definition) is 4. The highest BCUT2D eigenvalue weighted by molar-refractivity contribution is 7.99. The van der Waals surface area contributed by atoms with Crippen LogP contribution in [0.2, 0.25) is 5.02 Å². The molecule has 4 nitrogen and oxygen atoms in total. The molecule has 0 unspecified atom stereocenters. The predicted octanol–water partition coefficient (Wildman–Crippen LogP) is 5.54. The number of ether oxygens (including phenoxy) is 1. The molecular formula is C21H25ClN2O2S. The first-order valence-corrected chi connectivity index (χ1v) is 10.5. The Bertz CT molecular complexity index is 735. The molecule has 1 N–H and O–H groups in total. The minimum Gasteiger partial charge on any atom is -0.493 e. The number of benzene rings is 2. The quantitative estimate of drug-likeness (QED) is 0.231. The van der Waals surface area contributed by atoms with Gasteiger partial charge in [0.05, 0.1) is 12.8 Å². The van der Waals surface area contributed by atoms with Crippen molar-refractivity contribution in [2.24, 2.45) is 5.10 Å². The van der Waals surface area contributed by atoms with Crippen LogP contribution in [0.3, 0.4) is 0 Å². The third-order valence-electron chi connectivity index (χ3n) is 3.73. The van der Waals surface area contributed by atoms with Gasteiger partial charge in [0.2, 0.25) is 5.91 Å². The summed E-state index contributed by atoms with van der Waals surface area (Å²) in [6.45, 7) is 2.85. The molecule has 6 heteroatoms. The van der Waals surface area contributed by atoms with Crippen molar-refractivity contribution in [2.75, 3.05) is 12.4 Å². The van der Waals surface area contributed by atoms with Crippen molar-refractivity contribution in [3.05, 3.63) is 59.1 Å². The number of thioether (sulfide) groups is 1. The van der Waals surface area contributed by atoms with Gasteiger partial charge in [-0.2, -0.15) is 5.10 Å². The summed E-state index contributed by atoms with van der Waals surface area (Å²) in [6, 6.07) is 15.3. The summed E-state index contributed by atoms with van der Waals surface area (Å²) in [4.78, 5) is 13.0. The van der Waals surface area contributed by atoms with Gasteiger partial charge in [0.1, 0.15) is 5.75 Å². The number of hydrogen-bond donors (Lipinski definition) is 1. The van der Waals surface area contributed by atoms with E-state index in [1.165, 1.54) is 0 Å². The van der Waals surface area contributed by atoms with E-state index in [1.807, 2.05) is 48.5 Å². The molecule has 2 aromatic rings. The van der Waals surface area contributed by atoms with Crippen LogP contribution in [-0.4, -0.2) is 24.5 Å². The second-order valence-corrected chi connectivity index (χ2v) is 7.54.